The van der Waals surface area contributed by atoms with Crippen molar-refractivity contribution >= 4 is 5.84 Å². The summed E-state index contributed by atoms with van der Waals surface area (Å²) in [6.07, 6.45) is 1.24. The van der Waals surface area contributed by atoms with Gasteiger partial charge in [-0.15, -0.1) is 0 Å². The molecule has 0 aromatic carbocycles. The van der Waals surface area contributed by atoms with Crippen LogP contribution in [0, 0.1) is 5.41 Å². The predicted octanol–water partition coefficient (Wildman–Crippen LogP) is -0.197. The molecule has 3 N–H and O–H groups in total. The maximum Gasteiger partial charge on any atom is 0.107 e. The third kappa shape index (κ3) is 1.76. The minimum atomic E-state index is -0.971. The van der Waals surface area contributed by atoms with Crippen molar-refractivity contribution in [3.05, 3.63) is 0 Å². The van der Waals surface area contributed by atoms with Crippen LogP contribution in [0.1, 0.15) is 19.8 Å². The highest BCUT2D eigenvalue weighted by atomic mass is 16.3. The van der Waals surface area contributed by atoms with Crippen molar-refractivity contribution in [3.8, 4) is 0 Å². The molecular formula is C8H16N2O2. The van der Waals surface area contributed by atoms with E-state index in [4.69, 9.17) is 10.5 Å². The summed E-state index contributed by atoms with van der Waals surface area (Å²) in [7, 11) is 0. The lowest BCUT2D eigenvalue weighted by molar-refractivity contribution is -0.00148. The van der Waals surface area contributed by atoms with Crippen LogP contribution in [0.2, 0.25) is 0 Å². The van der Waals surface area contributed by atoms with Gasteiger partial charge < -0.3 is 15.1 Å². The first kappa shape index (κ1) is 9.48. The van der Waals surface area contributed by atoms with E-state index < -0.39 is 5.60 Å². The van der Waals surface area contributed by atoms with Crippen molar-refractivity contribution < 1.29 is 10.2 Å². The fraction of sp³-hybridized carbons (Fsp3) is 0.875. The highest BCUT2D eigenvalue weighted by Crippen LogP contribution is 2.20. The number of β-amino-alcohol motifs (C(OH)–C–C–N with tert-alkyl or cyclic N) is 1. The molecule has 0 saturated carbocycles. The lowest BCUT2D eigenvalue weighted by Crippen LogP contribution is -2.38. The van der Waals surface area contributed by atoms with E-state index in [2.05, 4.69) is 0 Å². The van der Waals surface area contributed by atoms with Crippen LogP contribution in [0.15, 0.2) is 0 Å². The molecule has 1 unspecified atom stereocenters. The molecule has 12 heavy (non-hydrogen) atoms. The van der Waals surface area contributed by atoms with E-state index in [0.717, 1.165) is 0 Å². The number of amidine groups is 1. The SMILES string of the molecule is CCC(=N)N1CCC(O)(CO)C1. The van der Waals surface area contributed by atoms with Crippen LogP contribution < -0.4 is 0 Å². The van der Waals surface area contributed by atoms with Crippen LogP contribution in [0.3, 0.4) is 0 Å². The number of likely N-dealkylation sites (tertiary alicyclic amines) is 1. The van der Waals surface area contributed by atoms with Gasteiger partial charge in [0.2, 0.25) is 0 Å². The maximum atomic E-state index is 9.63. The summed E-state index contributed by atoms with van der Waals surface area (Å²) in [4.78, 5) is 1.82. The molecule has 0 aliphatic carbocycles. The number of aliphatic hydroxyl groups excluding tert-OH is 1. The second-order valence-corrected chi connectivity index (χ2v) is 3.35. The van der Waals surface area contributed by atoms with Gasteiger partial charge in [0.1, 0.15) is 5.60 Å². The Morgan fingerprint density at radius 2 is 2.33 bits per heavy atom. The monoisotopic (exact) mass is 172 g/mol. The number of hydrogen-bond donors (Lipinski definition) is 3. The number of aliphatic hydroxyl groups is 2. The lowest BCUT2D eigenvalue weighted by atomic mass is 10.1. The molecular weight excluding hydrogens is 156 g/mol. The summed E-state index contributed by atoms with van der Waals surface area (Å²) >= 11 is 0. The van der Waals surface area contributed by atoms with Crippen molar-refractivity contribution in [1.29, 1.82) is 5.41 Å². The normalized spacial score (nSPS) is 29.4. The number of rotatable bonds is 2. The lowest BCUT2D eigenvalue weighted by Gasteiger charge is -2.21. The summed E-state index contributed by atoms with van der Waals surface area (Å²) in [6, 6.07) is 0. The summed E-state index contributed by atoms with van der Waals surface area (Å²) in [6.45, 7) is 2.79. The van der Waals surface area contributed by atoms with Gasteiger partial charge in [-0.05, 0) is 6.42 Å². The molecule has 4 nitrogen and oxygen atoms in total. The molecule has 0 radical (unpaired) electrons. The molecule has 0 spiro atoms. The van der Waals surface area contributed by atoms with Gasteiger partial charge >= 0.3 is 0 Å². The molecule has 1 aliphatic rings. The van der Waals surface area contributed by atoms with E-state index in [-0.39, 0.29) is 6.61 Å². The first-order chi connectivity index (χ1) is 5.61. The fourth-order valence-electron chi connectivity index (χ4n) is 1.44. The second kappa shape index (κ2) is 3.41. The molecule has 1 heterocycles. The van der Waals surface area contributed by atoms with Crippen molar-refractivity contribution in [1.82, 2.24) is 4.90 Å². The van der Waals surface area contributed by atoms with Crippen LogP contribution in [0.4, 0.5) is 0 Å². The van der Waals surface area contributed by atoms with E-state index in [9.17, 15) is 5.11 Å². The summed E-state index contributed by atoms with van der Waals surface area (Å²) in [5, 5.41) is 26.0. The molecule has 1 saturated heterocycles. The van der Waals surface area contributed by atoms with Gasteiger partial charge in [0.15, 0.2) is 0 Å². The third-order valence-electron chi connectivity index (χ3n) is 2.34. The molecule has 0 bridgehead atoms. The molecule has 4 heteroatoms. The fourth-order valence-corrected chi connectivity index (χ4v) is 1.44. The average molecular weight is 172 g/mol. The zero-order valence-electron chi connectivity index (χ0n) is 7.38. The van der Waals surface area contributed by atoms with E-state index in [1.165, 1.54) is 0 Å². The smallest absolute Gasteiger partial charge is 0.107 e. The van der Waals surface area contributed by atoms with E-state index in [1.807, 2.05) is 11.8 Å². The Balaban J connectivity index is 2.50. The van der Waals surface area contributed by atoms with Gasteiger partial charge in [-0.25, -0.2) is 0 Å². The zero-order chi connectivity index (χ0) is 9.19. The Morgan fingerprint density at radius 1 is 1.67 bits per heavy atom. The Bertz CT molecular complexity index is 184. The second-order valence-electron chi connectivity index (χ2n) is 3.35. The number of hydrogen-bond acceptors (Lipinski definition) is 3. The van der Waals surface area contributed by atoms with Gasteiger partial charge in [-0.1, -0.05) is 6.92 Å². The van der Waals surface area contributed by atoms with E-state index in [1.54, 1.807) is 0 Å². The molecule has 1 atom stereocenters. The first-order valence-electron chi connectivity index (χ1n) is 4.27. The van der Waals surface area contributed by atoms with Crippen LogP contribution in [0.25, 0.3) is 0 Å². The highest BCUT2D eigenvalue weighted by molar-refractivity contribution is 5.79. The van der Waals surface area contributed by atoms with Crippen molar-refractivity contribution in [2.75, 3.05) is 19.7 Å². The van der Waals surface area contributed by atoms with Gasteiger partial charge in [-0.3, -0.25) is 5.41 Å². The first-order valence-corrected chi connectivity index (χ1v) is 4.27. The summed E-state index contributed by atoms with van der Waals surface area (Å²) in [5.41, 5.74) is -0.971. The van der Waals surface area contributed by atoms with Crippen molar-refractivity contribution in [3.63, 3.8) is 0 Å². The third-order valence-corrected chi connectivity index (χ3v) is 2.34. The molecule has 1 rings (SSSR count). The van der Waals surface area contributed by atoms with E-state index in [0.29, 0.717) is 31.8 Å². The van der Waals surface area contributed by atoms with Crippen LogP contribution in [-0.4, -0.2) is 46.2 Å². The largest absolute Gasteiger partial charge is 0.393 e. The molecule has 0 aromatic rings. The number of nitrogens with one attached hydrogen (secondary N) is 1. The van der Waals surface area contributed by atoms with E-state index >= 15 is 0 Å². The minimum Gasteiger partial charge on any atom is -0.393 e. The van der Waals surface area contributed by atoms with Crippen LogP contribution >= 0.6 is 0 Å². The summed E-state index contributed by atoms with van der Waals surface area (Å²) < 4.78 is 0. The molecule has 1 fully saturated rings. The van der Waals surface area contributed by atoms with Crippen LogP contribution in [0.5, 0.6) is 0 Å². The van der Waals surface area contributed by atoms with Gasteiger partial charge in [-0.2, -0.15) is 0 Å². The standard InChI is InChI=1S/C8H16N2O2/c1-2-7(9)10-4-3-8(12,5-10)6-11/h9,11-12H,2-6H2,1H3. The molecule has 0 amide bonds. The Kier molecular flexibility index (Phi) is 2.69. The Morgan fingerprint density at radius 3 is 2.75 bits per heavy atom. The maximum absolute atomic E-state index is 9.63. The van der Waals surface area contributed by atoms with Gasteiger partial charge in [0.25, 0.3) is 0 Å². The van der Waals surface area contributed by atoms with Gasteiger partial charge in [0, 0.05) is 13.0 Å². The van der Waals surface area contributed by atoms with Gasteiger partial charge in [0.05, 0.1) is 19.0 Å². The quantitative estimate of drug-likeness (QED) is 0.399. The zero-order valence-corrected chi connectivity index (χ0v) is 7.38. The molecule has 70 valence electrons. The average Bonchev–Trinajstić information content (AvgIpc) is 2.48. The molecule has 0 aromatic heterocycles. The number of nitrogens with zero attached hydrogens (tertiary/aromatic N) is 1. The minimum absolute atomic E-state index is 0.208. The Hall–Kier alpha value is -0.610. The highest BCUT2D eigenvalue weighted by Gasteiger charge is 2.35. The van der Waals surface area contributed by atoms with Crippen LogP contribution in [-0.2, 0) is 0 Å². The Labute approximate surface area is 72.3 Å². The topological polar surface area (TPSA) is 67.6 Å². The predicted molar refractivity (Wildman–Crippen MR) is 46.2 cm³/mol. The van der Waals surface area contributed by atoms with Crippen molar-refractivity contribution in [2.45, 2.75) is 25.4 Å². The summed E-state index contributed by atoms with van der Waals surface area (Å²) in [5.74, 6) is 0.541. The van der Waals surface area contributed by atoms with Crippen molar-refractivity contribution in [2.24, 2.45) is 0 Å². The molecule has 1 aliphatic heterocycles.